The van der Waals surface area contributed by atoms with Crippen molar-refractivity contribution in [1.82, 2.24) is 10.0 Å². The molecule has 2 aromatic rings. The van der Waals surface area contributed by atoms with E-state index in [1.807, 2.05) is 0 Å². The zero-order chi connectivity index (χ0) is 18.4. The van der Waals surface area contributed by atoms with Gasteiger partial charge in [0.05, 0.1) is 22.6 Å². The molecule has 0 saturated carbocycles. The molecule has 0 atom stereocenters. The van der Waals surface area contributed by atoms with E-state index in [0.717, 1.165) is 5.56 Å². The molecule has 0 unspecified atom stereocenters. The highest BCUT2D eigenvalue weighted by Crippen LogP contribution is 2.28. The Balaban J connectivity index is 1.97. The van der Waals surface area contributed by atoms with Gasteiger partial charge in [0.1, 0.15) is 5.75 Å². The summed E-state index contributed by atoms with van der Waals surface area (Å²) in [5, 5.41) is 3.17. The fourth-order valence-corrected chi connectivity index (χ4v) is 3.25. The zero-order valence-electron chi connectivity index (χ0n) is 13.9. The summed E-state index contributed by atoms with van der Waals surface area (Å²) < 4.78 is 30.8. The van der Waals surface area contributed by atoms with Gasteiger partial charge in [-0.3, -0.25) is 4.79 Å². The van der Waals surface area contributed by atoms with Crippen LogP contribution in [0.25, 0.3) is 0 Å². The minimum atomic E-state index is -3.44. The number of ether oxygens (including phenoxy) is 1. The van der Waals surface area contributed by atoms with Crippen molar-refractivity contribution in [3.63, 3.8) is 0 Å². The Morgan fingerprint density at radius 3 is 2.44 bits per heavy atom. The number of nitrogens with one attached hydrogen (secondary N) is 2. The number of halogens is 1. The number of carbonyl (C=O) groups excluding carboxylic acids is 1. The average molecular weight is 383 g/mol. The first-order valence-corrected chi connectivity index (χ1v) is 9.38. The number of carbonyl (C=O) groups is 1. The molecule has 0 spiro atoms. The van der Waals surface area contributed by atoms with Crippen molar-refractivity contribution in [3.8, 4) is 5.75 Å². The van der Waals surface area contributed by atoms with E-state index in [2.05, 4.69) is 10.0 Å². The Morgan fingerprint density at radius 1 is 1.16 bits per heavy atom. The number of methoxy groups -OCH3 is 1. The maximum absolute atomic E-state index is 12.3. The molecule has 2 rings (SSSR count). The normalized spacial score (nSPS) is 11.2. The molecule has 1 amide bonds. The van der Waals surface area contributed by atoms with Crippen LogP contribution in [0.15, 0.2) is 47.4 Å². The van der Waals surface area contributed by atoms with Gasteiger partial charge in [-0.05, 0) is 43.3 Å². The second kappa shape index (κ2) is 8.33. The van der Waals surface area contributed by atoms with Gasteiger partial charge in [0, 0.05) is 6.54 Å². The number of hydrogen-bond donors (Lipinski definition) is 2. The molecule has 2 aromatic carbocycles. The van der Waals surface area contributed by atoms with Crippen LogP contribution in [0.3, 0.4) is 0 Å². The molecule has 0 aliphatic heterocycles. The Morgan fingerprint density at radius 2 is 1.84 bits per heavy atom. The number of amides is 1. The van der Waals surface area contributed by atoms with Gasteiger partial charge >= 0.3 is 0 Å². The molecule has 134 valence electrons. The SMILES string of the molecule is CNS(=O)(=O)c1ccc(CCNC(=O)c2cccc(Cl)c2OC)cc1. The van der Waals surface area contributed by atoms with E-state index in [-0.39, 0.29) is 10.8 Å². The second-order valence-electron chi connectivity index (χ2n) is 5.18. The van der Waals surface area contributed by atoms with Crippen molar-refractivity contribution in [2.24, 2.45) is 0 Å². The van der Waals surface area contributed by atoms with Gasteiger partial charge in [0.25, 0.3) is 5.91 Å². The molecule has 0 aliphatic rings. The third kappa shape index (κ3) is 4.72. The lowest BCUT2D eigenvalue weighted by molar-refractivity contribution is 0.0951. The van der Waals surface area contributed by atoms with Crippen molar-refractivity contribution >= 4 is 27.5 Å². The molecular weight excluding hydrogens is 364 g/mol. The van der Waals surface area contributed by atoms with Crippen molar-refractivity contribution in [1.29, 1.82) is 0 Å². The number of benzene rings is 2. The molecular formula is C17H19ClN2O4S. The van der Waals surface area contributed by atoms with Crippen LogP contribution >= 0.6 is 11.6 Å². The number of sulfonamides is 1. The molecule has 25 heavy (non-hydrogen) atoms. The van der Waals surface area contributed by atoms with Gasteiger partial charge in [-0.2, -0.15) is 0 Å². The van der Waals surface area contributed by atoms with Gasteiger partial charge in [0.15, 0.2) is 0 Å². The number of rotatable bonds is 7. The first-order valence-electron chi connectivity index (χ1n) is 7.52. The minimum absolute atomic E-state index is 0.200. The maximum Gasteiger partial charge on any atom is 0.255 e. The van der Waals surface area contributed by atoms with Crippen LogP contribution in [-0.4, -0.2) is 35.0 Å². The fraction of sp³-hybridized carbons (Fsp3) is 0.235. The quantitative estimate of drug-likeness (QED) is 0.769. The molecule has 0 bridgehead atoms. The summed E-state index contributed by atoms with van der Waals surface area (Å²) in [6.07, 6.45) is 0.564. The van der Waals surface area contributed by atoms with Crippen molar-refractivity contribution in [2.45, 2.75) is 11.3 Å². The molecule has 0 heterocycles. The summed E-state index contributed by atoms with van der Waals surface area (Å²) in [6.45, 7) is 0.395. The molecule has 6 nitrogen and oxygen atoms in total. The van der Waals surface area contributed by atoms with Crippen LogP contribution in [0.4, 0.5) is 0 Å². The Kier molecular flexibility index (Phi) is 6.41. The zero-order valence-corrected chi connectivity index (χ0v) is 15.4. The van der Waals surface area contributed by atoms with E-state index >= 15 is 0 Å². The van der Waals surface area contributed by atoms with Crippen LogP contribution in [0.1, 0.15) is 15.9 Å². The van der Waals surface area contributed by atoms with Gasteiger partial charge in [0.2, 0.25) is 10.0 Å². The van der Waals surface area contributed by atoms with Crippen molar-refractivity contribution in [2.75, 3.05) is 20.7 Å². The van der Waals surface area contributed by atoms with E-state index in [1.165, 1.54) is 26.3 Å². The molecule has 0 aliphatic carbocycles. The van der Waals surface area contributed by atoms with Crippen molar-refractivity contribution < 1.29 is 17.9 Å². The lowest BCUT2D eigenvalue weighted by Crippen LogP contribution is -2.26. The number of hydrogen-bond acceptors (Lipinski definition) is 4. The van der Waals surface area contributed by atoms with Crippen LogP contribution in [-0.2, 0) is 16.4 Å². The third-order valence-corrected chi connectivity index (χ3v) is 5.35. The predicted octanol–water partition coefficient (Wildman–Crippen LogP) is 2.23. The summed E-state index contributed by atoms with van der Waals surface area (Å²) in [6, 6.07) is 11.5. The predicted molar refractivity (Wildman–Crippen MR) is 96.7 cm³/mol. The minimum Gasteiger partial charge on any atom is -0.494 e. The summed E-state index contributed by atoms with van der Waals surface area (Å²) in [4.78, 5) is 12.5. The summed E-state index contributed by atoms with van der Waals surface area (Å²) in [5.41, 5.74) is 1.28. The standard InChI is InChI=1S/C17H19ClN2O4S/c1-19-25(22,23)13-8-6-12(7-9-13)10-11-20-17(21)14-4-3-5-15(18)16(14)24-2/h3-9,19H,10-11H2,1-2H3,(H,20,21). The summed E-state index contributed by atoms with van der Waals surface area (Å²) in [7, 11) is -0.622. The van der Waals surface area contributed by atoms with E-state index < -0.39 is 10.0 Å². The monoisotopic (exact) mass is 382 g/mol. The van der Waals surface area contributed by atoms with Crippen LogP contribution in [0.2, 0.25) is 5.02 Å². The maximum atomic E-state index is 12.3. The van der Waals surface area contributed by atoms with Crippen LogP contribution in [0.5, 0.6) is 5.75 Å². The lowest BCUT2D eigenvalue weighted by atomic mass is 10.1. The first-order chi connectivity index (χ1) is 11.9. The van der Waals surface area contributed by atoms with Gasteiger partial charge in [-0.1, -0.05) is 29.8 Å². The summed E-state index contributed by atoms with van der Waals surface area (Å²) >= 11 is 6.01. The molecule has 2 N–H and O–H groups in total. The fourth-order valence-electron chi connectivity index (χ4n) is 2.26. The largest absolute Gasteiger partial charge is 0.494 e. The third-order valence-electron chi connectivity index (χ3n) is 3.62. The van der Waals surface area contributed by atoms with Crippen molar-refractivity contribution in [3.05, 3.63) is 58.6 Å². The smallest absolute Gasteiger partial charge is 0.255 e. The van der Waals surface area contributed by atoms with Crippen LogP contribution < -0.4 is 14.8 Å². The second-order valence-corrected chi connectivity index (χ2v) is 7.47. The molecule has 8 heteroatoms. The molecule has 0 saturated heterocycles. The Labute approximate surface area is 152 Å². The average Bonchev–Trinajstić information content (AvgIpc) is 2.61. The van der Waals surface area contributed by atoms with Gasteiger partial charge in [-0.15, -0.1) is 0 Å². The Bertz CT molecular complexity index is 851. The highest BCUT2D eigenvalue weighted by Gasteiger charge is 2.14. The lowest BCUT2D eigenvalue weighted by Gasteiger charge is -2.10. The van der Waals surface area contributed by atoms with E-state index in [1.54, 1.807) is 30.3 Å². The highest BCUT2D eigenvalue weighted by atomic mass is 35.5. The first kappa shape index (κ1) is 19.2. The topological polar surface area (TPSA) is 84.5 Å². The van der Waals surface area contributed by atoms with Crippen LogP contribution in [0, 0.1) is 0 Å². The molecule has 0 fully saturated rings. The Hall–Kier alpha value is -2.09. The van der Waals surface area contributed by atoms with Gasteiger partial charge < -0.3 is 10.1 Å². The van der Waals surface area contributed by atoms with E-state index in [4.69, 9.17) is 16.3 Å². The number of para-hydroxylation sites is 1. The molecule has 0 aromatic heterocycles. The van der Waals surface area contributed by atoms with E-state index in [9.17, 15) is 13.2 Å². The molecule has 0 radical (unpaired) electrons. The highest BCUT2D eigenvalue weighted by molar-refractivity contribution is 7.89. The summed E-state index contributed by atoms with van der Waals surface area (Å²) in [5.74, 6) is 0.0528. The van der Waals surface area contributed by atoms with E-state index in [0.29, 0.717) is 29.3 Å². The van der Waals surface area contributed by atoms with Gasteiger partial charge in [-0.25, -0.2) is 13.1 Å².